The van der Waals surface area contributed by atoms with E-state index in [0.29, 0.717) is 17.5 Å². The summed E-state index contributed by atoms with van der Waals surface area (Å²) >= 11 is 0. The van der Waals surface area contributed by atoms with E-state index in [1.807, 2.05) is 24.2 Å². The third kappa shape index (κ3) is 2.10. The molecule has 1 aromatic rings. The Morgan fingerprint density at radius 1 is 1.37 bits per heavy atom. The second kappa shape index (κ2) is 6.14. The van der Waals surface area contributed by atoms with Crippen LogP contribution in [0.1, 0.15) is 17.5 Å². The third-order valence-electron chi connectivity index (χ3n) is 7.92. The third-order valence-corrected chi connectivity index (χ3v) is 7.92. The number of likely N-dealkylation sites (N-methyl/N-ethyl adjacent to an activating group) is 1. The molecule has 156 valence electrons. The summed E-state index contributed by atoms with van der Waals surface area (Å²) in [5.74, 6) is 1.05. The number of hydrogen-bond donors (Lipinski definition) is 2. The highest BCUT2D eigenvalue weighted by atomic mass is 16.5. The first kappa shape index (κ1) is 18.1. The van der Waals surface area contributed by atoms with E-state index in [4.69, 9.17) is 9.47 Å². The number of ether oxygens (including phenoxy) is 2. The largest absolute Gasteiger partial charge is 0.493 e. The molecule has 2 bridgehead atoms. The molecule has 1 fully saturated rings. The van der Waals surface area contributed by atoms with Crippen LogP contribution in [0.3, 0.4) is 0 Å². The molecule has 30 heavy (non-hydrogen) atoms. The minimum atomic E-state index is -0.871. The molecule has 3 aliphatic heterocycles. The van der Waals surface area contributed by atoms with Crippen molar-refractivity contribution >= 4 is 5.97 Å². The Bertz CT molecular complexity index is 1030. The SMILES string of the molecule is COc1ccc2c3c1OC1C(C4C(C(=O)O)=CC=CN4C)C=C[C@H]4[C@@H](C2)NCC[C@]314. The van der Waals surface area contributed by atoms with Crippen LogP contribution in [-0.4, -0.2) is 54.9 Å². The van der Waals surface area contributed by atoms with Crippen LogP contribution in [0.15, 0.2) is 48.2 Å². The van der Waals surface area contributed by atoms with Gasteiger partial charge < -0.3 is 24.8 Å². The van der Waals surface area contributed by atoms with E-state index >= 15 is 0 Å². The number of aliphatic carboxylic acids is 1. The molecule has 2 aliphatic carbocycles. The summed E-state index contributed by atoms with van der Waals surface area (Å²) in [5, 5.41) is 13.6. The van der Waals surface area contributed by atoms with Gasteiger partial charge in [-0.3, -0.25) is 0 Å². The number of hydrogen-bond acceptors (Lipinski definition) is 5. The molecular formula is C24H26N2O4. The highest BCUT2D eigenvalue weighted by molar-refractivity contribution is 5.89. The Morgan fingerprint density at radius 3 is 3.03 bits per heavy atom. The molecule has 0 saturated carbocycles. The number of rotatable bonds is 3. The minimum absolute atomic E-state index is 0.0691. The molecule has 1 aromatic carbocycles. The van der Waals surface area contributed by atoms with Crippen molar-refractivity contribution in [3.63, 3.8) is 0 Å². The number of nitrogens with one attached hydrogen (secondary N) is 1. The molecule has 2 N–H and O–H groups in total. The smallest absolute Gasteiger partial charge is 0.333 e. The average molecular weight is 406 g/mol. The van der Waals surface area contributed by atoms with Crippen molar-refractivity contribution in [2.24, 2.45) is 11.8 Å². The maximum absolute atomic E-state index is 12.1. The van der Waals surface area contributed by atoms with Crippen LogP contribution in [0.2, 0.25) is 0 Å². The van der Waals surface area contributed by atoms with Crippen molar-refractivity contribution in [2.45, 2.75) is 36.4 Å². The van der Waals surface area contributed by atoms with Gasteiger partial charge in [-0.2, -0.15) is 0 Å². The first-order chi connectivity index (χ1) is 14.6. The fourth-order valence-electron chi connectivity index (χ4n) is 6.83. The van der Waals surface area contributed by atoms with E-state index in [9.17, 15) is 9.90 Å². The summed E-state index contributed by atoms with van der Waals surface area (Å²) in [6.07, 6.45) is 11.9. The quantitative estimate of drug-likeness (QED) is 0.751. The van der Waals surface area contributed by atoms with E-state index in [-0.39, 0.29) is 23.5 Å². The van der Waals surface area contributed by atoms with Crippen molar-refractivity contribution in [3.05, 3.63) is 59.3 Å². The molecule has 5 aliphatic rings. The van der Waals surface area contributed by atoms with Gasteiger partial charge in [0, 0.05) is 35.9 Å². The predicted octanol–water partition coefficient (Wildman–Crippen LogP) is 2.25. The summed E-state index contributed by atoms with van der Waals surface area (Å²) in [7, 11) is 3.64. The highest BCUT2D eigenvalue weighted by Crippen LogP contribution is 2.63. The number of carboxylic acids is 1. The molecule has 0 amide bonds. The molecule has 3 heterocycles. The van der Waals surface area contributed by atoms with Crippen molar-refractivity contribution < 1.29 is 19.4 Å². The Kier molecular flexibility index (Phi) is 3.70. The number of benzene rings is 1. The standard InChI is InChI=1S/C24H26N2O4/c1-26-11-3-4-15(23(27)28)20(26)14-6-7-16-17-12-13-5-8-18(29-2)21-19(13)24(16,9-10-25-17)22(14)30-21/h3-8,11,14,16-17,20,22,25H,9-10,12H2,1-2H3,(H,27,28)/t14?,16-,17+,20?,22?,24-/m0/s1. The van der Waals surface area contributed by atoms with E-state index in [1.54, 1.807) is 19.3 Å². The first-order valence-corrected chi connectivity index (χ1v) is 10.7. The van der Waals surface area contributed by atoms with Gasteiger partial charge >= 0.3 is 5.97 Å². The Balaban J connectivity index is 1.54. The van der Waals surface area contributed by atoms with E-state index in [0.717, 1.165) is 30.9 Å². The molecule has 6 nitrogen and oxygen atoms in total. The average Bonchev–Trinajstić information content (AvgIpc) is 3.07. The van der Waals surface area contributed by atoms with E-state index in [2.05, 4.69) is 23.5 Å². The lowest BCUT2D eigenvalue weighted by atomic mass is 9.51. The molecule has 1 saturated heterocycles. The summed E-state index contributed by atoms with van der Waals surface area (Å²) in [5.41, 5.74) is 2.91. The maximum atomic E-state index is 12.1. The van der Waals surface area contributed by atoms with E-state index < -0.39 is 5.97 Å². The van der Waals surface area contributed by atoms with Crippen LogP contribution in [0.25, 0.3) is 0 Å². The second-order valence-corrected chi connectivity index (χ2v) is 9.09. The lowest BCUT2D eigenvalue weighted by molar-refractivity contribution is -0.133. The minimum Gasteiger partial charge on any atom is -0.493 e. The van der Waals surface area contributed by atoms with Crippen molar-refractivity contribution in [1.29, 1.82) is 0 Å². The number of methoxy groups -OCH3 is 1. The molecule has 0 radical (unpaired) electrons. The topological polar surface area (TPSA) is 71.0 Å². The Morgan fingerprint density at radius 2 is 2.23 bits per heavy atom. The Labute approximate surface area is 175 Å². The summed E-state index contributed by atoms with van der Waals surface area (Å²) in [4.78, 5) is 14.1. The van der Waals surface area contributed by atoms with Gasteiger partial charge in [0.2, 0.25) is 0 Å². The monoisotopic (exact) mass is 406 g/mol. The van der Waals surface area contributed by atoms with Gasteiger partial charge in [0.15, 0.2) is 11.5 Å². The number of carbonyl (C=O) groups is 1. The molecule has 6 heteroatoms. The van der Waals surface area contributed by atoms with E-state index in [1.165, 1.54) is 11.1 Å². The van der Waals surface area contributed by atoms with Crippen LogP contribution in [0.4, 0.5) is 0 Å². The maximum Gasteiger partial charge on any atom is 0.333 e. The lowest BCUT2D eigenvalue weighted by Crippen LogP contribution is -2.65. The molecule has 3 unspecified atom stereocenters. The zero-order chi connectivity index (χ0) is 20.6. The van der Waals surface area contributed by atoms with Gasteiger partial charge in [0.1, 0.15) is 6.10 Å². The normalized spacial score (nSPS) is 37.3. The number of nitrogens with zero attached hydrogens (tertiary/aromatic N) is 1. The van der Waals surface area contributed by atoms with Crippen molar-refractivity contribution in [1.82, 2.24) is 10.2 Å². The number of allylic oxidation sites excluding steroid dienone is 2. The zero-order valence-corrected chi connectivity index (χ0v) is 17.2. The summed E-state index contributed by atoms with van der Waals surface area (Å²) < 4.78 is 12.5. The van der Waals surface area contributed by atoms with Crippen molar-refractivity contribution in [2.75, 3.05) is 20.7 Å². The second-order valence-electron chi connectivity index (χ2n) is 9.09. The van der Waals surface area contributed by atoms with Crippen LogP contribution >= 0.6 is 0 Å². The summed E-state index contributed by atoms with van der Waals surface area (Å²) in [6, 6.07) is 4.31. The number of carboxylic acid groups (broad SMARTS) is 1. The van der Waals surface area contributed by atoms with Crippen LogP contribution in [0, 0.1) is 11.8 Å². The van der Waals surface area contributed by atoms with Crippen LogP contribution in [0.5, 0.6) is 11.5 Å². The fourth-order valence-corrected chi connectivity index (χ4v) is 6.83. The fraction of sp³-hybridized carbons (Fsp3) is 0.458. The lowest BCUT2D eigenvalue weighted by Gasteiger charge is -2.56. The van der Waals surface area contributed by atoms with Crippen LogP contribution < -0.4 is 14.8 Å². The van der Waals surface area contributed by atoms with Crippen LogP contribution in [-0.2, 0) is 16.6 Å². The molecule has 1 spiro atoms. The molecule has 6 atom stereocenters. The van der Waals surface area contributed by atoms with Gasteiger partial charge in [-0.15, -0.1) is 0 Å². The summed E-state index contributed by atoms with van der Waals surface area (Å²) in [6.45, 7) is 0.944. The van der Waals surface area contributed by atoms with Gasteiger partial charge in [-0.25, -0.2) is 4.79 Å². The number of piperidine rings is 1. The molecule has 6 rings (SSSR count). The first-order valence-electron chi connectivity index (χ1n) is 10.7. The van der Waals surface area contributed by atoms with Crippen molar-refractivity contribution in [3.8, 4) is 11.5 Å². The van der Waals surface area contributed by atoms with Gasteiger partial charge in [-0.1, -0.05) is 18.2 Å². The molecular weight excluding hydrogens is 380 g/mol. The van der Waals surface area contributed by atoms with Gasteiger partial charge in [-0.05, 0) is 49.4 Å². The molecule has 0 aromatic heterocycles. The Hall–Kier alpha value is -2.73. The predicted molar refractivity (Wildman–Crippen MR) is 112 cm³/mol. The highest BCUT2D eigenvalue weighted by Gasteiger charge is 2.64. The van der Waals surface area contributed by atoms with Gasteiger partial charge in [0.05, 0.1) is 18.7 Å². The van der Waals surface area contributed by atoms with Gasteiger partial charge in [0.25, 0.3) is 0 Å². The zero-order valence-electron chi connectivity index (χ0n) is 17.2.